The first-order valence-electron chi connectivity index (χ1n) is 6.08. The molecule has 0 saturated carbocycles. The number of hydrogen-bond donors (Lipinski definition) is 0. The summed E-state index contributed by atoms with van der Waals surface area (Å²) < 4.78 is 3.45. The summed E-state index contributed by atoms with van der Waals surface area (Å²) >= 11 is 0. The summed E-state index contributed by atoms with van der Waals surface area (Å²) in [6.45, 7) is 0.486. The molecule has 4 nitrogen and oxygen atoms in total. The van der Waals surface area contributed by atoms with Crippen molar-refractivity contribution in [1.82, 2.24) is 14.3 Å². The number of rotatable bonds is 3. The van der Waals surface area contributed by atoms with Crippen LogP contribution in [-0.2, 0) is 6.54 Å². The summed E-state index contributed by atoms with van der Waals surface area (Å²) in [5, 5.41) is 4.47. The third kappa shape index (κ3) is 2.47. The second-order valence-corrected chi connectivity index (χ2v) is 4.25. The largest absolute Gasteiger partial charge is 0.309 e. The lowest BCUT2D eigenvalue weighted by Gasteiger charge is -2.02. The van der Waals surface area contributed by atoms with E-state index in [1.165, 1.54) is 0 Å². The number of nitrogens with zero attached hydrogens (tertiary/aromatic N) is 3. The summed E-state index contributed by atoms with van der Waals surface area (Å²) in [6.07, 6.45) is 3.67. The van der Waals surface area contributed by atoms with Gasteiger partial charge in [-0.1, -0.05) is 24.3 Å². The van der Waals surface area contributed by atoms with Crippen LogP contribution >= 0.6 is 0 Å². The number of aromatic nitrogens is 3. The molecule has 0 N–H and O–H groups in total. The lowest BCUT2D eigenvalue weighted by molar-refractivity contribution is 0.719. The Labute approximate surface area is 110 Å². The van der Waals surface area contributed by atoms with Gasteiger partial charge in [-0.3, -0.25) is 4.79 Å². The van der Waals surface area contributed by atoms with Gasteiger partial charge < -0.3 is 4.57 Å². The van der Waals surface area contributed by atoms with E-state index in [1.54, 1.807) is 22.9 Å². The van der Waals surface area contributed by atoms with Crippen LogP contribution < -0.4 is 5.56 Å². The Morgan fingerprint density at radius 1 is 0.895 bits per heavy atom. The first kappa shape index (κ1) is 11.5. The Morgan fingerprint density at radius 2 is 1.68 bits per heavy atom. The van der Waals surface area contributed by atoms with Crippen molar-refractivity contribution >= 4 is 0 Å². The second kappa shape index (κ2) is 4.94. The molecule has 0 unspecified atom stereocenters. The molecule has 0 amide bonds. The molecular formula is C15H13N3O. The molecule has 0 atom stereocenters. The molecule has 19 heavy (non-hydrogen) atoms. The van der Waals surface area contributed by atoms with Crippen LogP contribution in [0.25, 0.3) is 5.69 Å². The Bertz CT molecular complexity index is 728. The summed E-state index contributed by atoms with van der Waals surface area (Å²) in [5.41, 5.74) is 1.85. The van der Waals surface area contributed by atoms with Crippen molar-refractivity contribution in [1.29, 1.82) is 0 Å². The zero-order valence-corrected chi connectivity index (χ0v) is 10.3. The number of hydrogen-bond acceptors (Lipinski definition) is 2. The highest BCUT2D eigenvalue weighted by molar-refractivity contribution is 5.30. The van der Waals surface area contributed by atoms with Gasteiger partial charge in [-0.05, 0) is 24.3 Å². The van der Waals surface area contributed by atoms with E-state index in [9.17, 15) is 4.79 Å². The molecular weight excluding hydrogens is 238 g/mol. The van der Waals surface area contributed by atoms with Gasteiger partial charge in [0.15, 0.2) is 0 Å². The third-order valence-corrected chi connectivity index (χ3v) is 2.90. The topological polar surface area (TPSA) is 39.8 Å². The van der Waals surface area contributed by atoms with Gasteiger partial charge in [0.05, 0.1) is 17.9 Å². The van der Waals surface area contributed by atoms with Crippen LogP contribution in [0, 0.1) is 0 Å². The first-order chi connectivity index (χ1) is 9.33. The van der Waals surface area contributed by atoms with Gasteiger partial charge in [0.1, 0.15) is 0 Å². The SMILES string of the molecule is O=c1ccccn1Cc1ccn(-c2ccccc2)n1. The van der Waals surface area contributed by atoms with Crippen LogP contribution in [0.1, 0.15) is 5.69 Å². The van der Waals surface area contributed by atoms with Crippen LogP contribution in [0.3, 0.4) is 0 Å². The zero-order chi connectivity index (χ0) is 13.1. The second-order valence-electron chi connectivity index (χ2n) is 4.25. The number of benzene rings is 1. The molecule has 0 aliphatic rings. The van der Waals surface area contributed by atoms with E-state index in [4.69, 9.17) is 0 Å². The predicted octanol–water partition coefficient (Wildman–Crippen LogP) is 2.08. The average Bonchev–Trinajstić information content (AvgIpc) is 2.91. The average molecular weight is 251 g/mol. The Morgan fingerprint density at radius 3 is 2.47 bits per heavy atom. The van der Waals surface area contributed by atoms with E-state index in [-0.39, 0.29) is 5.56 Å². The molecule has 3 aromatic rings. The van der Waals surface area contributed by atoms with Crippen LogP contribution in [0.5, 0.6) is 0 Å². The molecule has 0 spiro atoms. The zero-order valence-electron chi connectivity index (χ0n) is 10.3. The predicted molar refractivity (Wildman–Crippen MR) is 73.4 cm³/mol. The fraction of sp³-hybridized carbons (Fsp3) is 0.0667. The summed E-state index contributed by atoms with van der Waals surface area (Å²) in [5.74, 6) is 0. The molecule has 2 heterocycles. The molecule has 0 fully saturated rings. The van der Waals surface area contributed by atoms with Crippen molar-refractivity contribution < 1.29 is 0 Å². The highest BCUT2D eigenvalue weighted by atomic mass is 16.1. The smallest absolute Gasteiger partial charge is 0.250 e. The van der Waals surface area contributed by atoms with E-state index < -0.39 is 0 Å². The third-order valence-electron chi connectivity index (χ3n) is 2.90. The van der Waals surface area contributed by atoms with Crippen LogP contribution in [0.2, 0.25) is 0 Å². The molecule has 0 saturated heterocycles. The summed E-state index contributed by atoms with van der Waals surface area (Å²) in [4.78, 5) is 11.6. The minimum absolute atomic E-state index is 0.0169. The molecule has 0 bridgehead atoms. The van der Waals surface area contributed by atoms with Gasteiger partial charge in [-0.25, -0.2) is 4.68 Å². The van der Waals surface area contributed by atoms with Gasteiger partial charge in [-0.2, -0.15) is 5.10 Å². The van der Waals surface area contributed by atoms with Gasteiger partial charge in [-0.15, -0.1) is 0 Å². The van der Waals surface area contributed by atoms with E-state index >= 15 is 0 Å². The maximum atomic E-state index is 11.6. The van der Waals surface area contributed by atoms with Crippen LogP contribution in [-0.4, -0.2) is 14.3 Å². The molecule has 0 aliphatic carbocycles. The van der Waals surface area contributed by atoms with E-state index in [0.717, 1.165) is 11.4 Å². The van der Waals surface area contributed by atoms with Gasteiger partial charge in [0, 0.05) is 18.5 Å². The summed E-state index contributed by atoms with van der Waals surface area (Å²) in [6, 6.07) is 16.9. The highest BCUT2D eigenvalue weighted by Gasteiger charge is 2.02. The van der Waals surface area contributed by atoms with Crippen LogP contribution in [0.4, 0.5) is 0 Å². The normalized spacial score (nSPS) is 10.5. The number of pyridine rings is 1. The Kier molecular flexibility index (Phi) is 2.98. The van der Waals surface area contributed by atoms with Crippen molar-refractivity contribution in [3.63, 3.8) is 0 Å². The van der Waals surface area contributed by atoms with Crippen molar-refractivity contribution in [3.05, 3.63) is 83.0 Å². The fourth-order valence-electron chi connectivity index (χ4n) is 1.94. The lowest BCUT2D eigenvalue weighted by Crippen LogP contribution is -2.18. The van der Waals surface area contributed by atoms with Gasteiger partial charge in [0.25, 0.3) is 5.56 Å². The molecule has 0 radical (unpaired) electrons. The monoisotopic (exact) mass is 251 g/mol. The molecule has 3 rings (SSSR count). The lowest BCUT2D eigenvalue weighted by atomic mass is 10.3. The quantitative estimate of drug-likeness (QED) is 0.715. The first-order valence-corrected chi connectivity index (χ1v) is 6.08. The minimum atomic E-state index is -0.0169. The Balaban J connectivity index is 1.87. The molecule has 2 aromatic heterocycles. The van der Waals surface area contributed by atoms with E-state index in [1.807, 2.05) is 53.3 Å². The van der Waals surface area contributed by atoms with Gasteiger partial charge in [0.2, 0.25) is 0 Å². The molecule has 94 valence electrons. The minimum Gasteiger partial charge on any atom is -0.309 e. The van der Waals surface area contributed by atoms with Crippen LogP contribution in [0.15, 0.2) is 71.8 Å². The van der Waals surface area contributed by atoms with Crippen molar-refractivity contribution in [2.24, 2.45) is 0 Å². The molecule has 1 aromatic carbocycles. The number of para-hydroxylation sites is 1. The van der Waals surface area contributed by atoms with Gasteiger partial charge >= 0.3 is 0 Å². The molecule has 0 aliphatic heterocycles. The van der Waals surface area contributed by atoms with Crippen molar-refractivity contribution in [2.45, 2.75) is 6.54 Å². The standard InChI is InChI=1S/C15H13N3O/c19-15-8-4-5-10-17(15)12-13-9-11-18(16-13)14-6-2-1-3-7-14/h1-11H,12H2. The highest BCUT2D eigenvalue weighted by Crippen LogP contribution is 2.07. The Hall–Kier alpha value is -2.62. The van der Waals surface area contributed by atoms with Crippen molar-refractivity contribution in [3.8, 4) is 5.69 Å². The maximum Gasteiger partial charge on any atom is 0.250 e. The summed E-state index contributed by atoms with van der Waals surface area (Å²) in [7, 11) is 0. The fourth-order valence-corrected chi connectivity index (χ4v) is 1.94. The van der Waals surface area contributed by atoms with E-state index in [0.29, 0.717) is 6.54 Å². The van der Waals surface area contributed by atoms with Crippen molar-refractivity contribution in [2.75, 3.05) is 0 Å². The maximum absolute atomic E-state index is 11.6. The molecule has 4 heteroatoms. The van der Waals surface area contributed by atoms with E-state index in [2.05, 4.69) is 5.10 Å².